The molecule has 2 rings (SSSR count). The minimum atomic E-state index is 0. The molecule has 3 nitrogen and oxygen atoms in total. The van der Waals surface area contributed by atoms with Crippen LogP contribution in [0.25, 0.3) is 0 Å². The second-order valence-corrected chi connectivity index (χ2v) is 5.30. The zero-order valence-corrected chi connectivity index (χ0v) is 14.0. The van der Waals surface area contributed by atoms with Crippen molar-refractivity contribution in [2.45, 2.75) is 13.1 Å². The van der Waals surface area contributed by atoms with E-state index in [4.69, 9.17) is 0 Å². The highest BCUT2D eigenvalue weighted by atomic mass is 127. The lowest BCUT2D eigenvalue weighted by Gasteiger charge is -2.10. The molecule has 2 aromatic heterocycles. The van der Waals surface area contributed by atoms with E-state index in [1.54, 1.807) is 29.7 Å². The van der Waals surface area contributed by atoms with Crippen LogP contribution in [0.4, 0.5) is 0 Å². The van der Waals surface area contributed by atoms with Crippen molar-refractivity contribution in [2.24, 2.45) is 4.99 Å². The van der Waals surface area contributed by atoms with E-state index in [9.17, 15) is 0 Å². The van der Waals surface area contributed by atoms with Crippen molar-refractivity contribution in [3.63, 3.8) is 0 Å². The Bertz CT molecular complexity index is 411. The highest BCUT2D eigenvalue weighted by Gasteiger charge is 1.99. The second-order valence-electron chi connectivity index (χ2n) is 3.49. The Hall–Kier alpha value is -0.600. The Morgan fingerprint density at radius 2 is 2.06 bits per heavy atom. The zero-order chi connectivity index (χ0) is 11.9. The molecule has 0 amide bonds. The van der Waals surface area contributed by atoms with Crippen LogP contribution in [0.2, 0.25) is 0 Å². The summed E-state index contributed by atoms with van der Waals surface area (Å²) in [5, 5.41) is 12.9. The van der Waals surface area contributed by atoms with E-state index in [2.05, 4.69) is 50.0 Å². The van der Waals surface area contributed by atoms with Crippen LogP contribution in [-0.2, 0) is 13.1 Å². The highest BCUT2D eigenvalue weighted by molar-refractivity contribution is 14.0. The van der Waals surface area contributed by atoms with E-state index in [1.165, 1.54) is 10.4 Å². The number of halogens is 1. The summed E-state index contributed by atoms with van der Waals surface area (Å²) in [7, 11) is 1.79. The number of aliphatic imine (C=N–C) groups is 1. The van der Waals surface area contributed by atoms with Crippen molar-refractivity contribution in [2.75, 3.05) is 7.05 Å². The van der Waals surface area contributed by atoms with Crippen LogP contribution in [0.1, 0.15) is 10.4 Å². The van der Waals surface area contributed by atoms with Gasteiger partial charge in [-0.15, -0.1) is 35.3 Å². The van der Waals surface area contributed by atoms with Gasteiger partial charge in [-0.3, -0.25) is 4.99 Å². The van der Waals surface area contributed by atoms with Gasteiger partial charge in [-0.1, -0.05) is 6.07 Å². The van der Waals surface area contributed by atoms with E-state index in [-0.39, 0.29) is 24.0 Å². The normalized spacial score (nSPS) is 10.8. The van der Waals surface area contributed by atoms with Gasteiger partial charge in [0, 0.05) is 18.5 Å². The molecule has 0 radical (unpaired) electrons. The molecule has 0 aromatic carbocycles. The molecule has 0 saturated heterocycles. The third-order valence-corrected chi connectivity index (χ3v) is 3.88. The largest absolute Gasteiger partial charge is 0.352 e. The number of nitrogens with zero attached hydrogens (tertiary/aromatic N) is 1. The fraction of sp³-hybridized carbons (Fsp3) is 0.250. The summed E-state index contributed by atoms with van der Waals surface area (Å²) in [5.74, 6) is 0.838. The number of hydrogen-bond acceptors (Lipinski definition) is 3. The molecule has 2 N–H and O–H groups in total. The molecular formula is C12H16IN3S2. The molecule has 98 valence electrons. The summed E-state index contributed by atoms with van der Waals surface area (Å²) in [6, 6.07) is 6.29. The van der Waals surface area contributed by atoms with Crippen molar-refractivity contribution in [1.29, 1.82) is 0 Å². The van der Waals surface area contributed by atoms with Gasteiger partial charge in [0.25, 0.3) is 0 Å². The Balaban J connectivity index is 0.00000162. The first-order chi connectivity index (χ1) is 8.38. The lowest BCUT2D eigenvalue weighted by Crippen LogP contribution is -2.36. The standard InChI is InChI=1S/C12H15N3S2.HI/c1-13-12(14-7-10-4-6-16-9-10)15-8-11-3-2-5-17-11;/h2-6,9H,7-8H2,1H3,(H2,13,14,15);1H. The average Bonchev–Trinajstić information content (AvgIpc) is 3.02. The Labute approximate surface area is 132 Å². The van der Waals surface area contributed by atoms with Crippen LogP contribution < -0.4 is 10.6 Å². The molecule has 0 aliphatic heterocycles. The maximum absolute atomic E-state index is 4.19. The fourth-order valence-electron chi connectivity index (χ4n) is 1.38. The van der Waals surface area contributed by atoms with Crippen LogP contribution in [0.3, 0.4) is 0 Å². The first kappa shape index (κ1) is 15.5. The molecule has 0 unspecified atom stereocenters. The van der Waals surface area contributed by atoms with Crippen molar-refractivity contribution >= 4 is 52.6 Å². The van der Waals surface area contributed by atoms with Gasteiger partial charge < -0.3 is 10.6 Å². The predicted octanol–water partition coefficient (Wildman–Crippen LogP) is 3.29. The summed E-state index contributed by atoms with van der Waals surface area (Å²) in [5.41, 5.74) is 1.29. The number of nitrogens with one attached hydrogen (secondary N) is 2. The summed E-state index contributed by atoms with van der Waals surface area (Å²) in [6.45, 7) is 1.63. The zero-order valence-electron chi connectivity index (χ0n) is 10.1. The summed E-state index contributed by atoms with van der Waals surface area (Å²) >= 11 is 3.46. The molecule has 0 fully saturated rings. The molecular weight excluding hydrogens is 377 g/mol. The third-order valence-electron chi connectivity index (χ3n) is 2.27. The summed E-state index contributed by atoms with van der Waals surface area (Å²) < 4.78 is 0. The molecule has 0 spiro atoms. The molecule has 0 atom stereocenters. The van der Waals surface area contributed by atoms with Gasteiger partial charge in [0.05, 0.1) is 6.54 Å². The first-order valence-corrected chi connectivity index (χ1v) is 7.18. The van der Waals surface area contributed by atoms with Crippen molar-refractivity contribution < 1.29 is 0 Å². The van der Waals surface area contributed by atoms with Gasteiger partial charge in [-0.25, -0.2) is 0 Å². The van der Waals surface area contributed by atoms with Crippen molar-refractivity contribution in [3.8, 4) is 0 Å². The number of thiophene rings is 2. The van der Waals surface area contributed by atoms with E-state index >= 15 is 0 Å². The topological polar surface area (TPSA) is 36.4 Å². The Kier molecular flexibility index (Phi) is 7.29. The average molecular weight is 393 g/mol. The minimum absolute atomic E-state index is 0. The van der Waals surface area contributed by atoms with Crippen LogP contribution in [0.15, 0.2) is 39.3 Å². The summed E-state index contributed by atoms with van der Waals surface area (Å²) in [4.78, 5) is 5.50. The maximum Gasteiger partial charge on any atom is 0.191 e. The molecule has 0 aliphatic rings. The van der Waals surface area contributed by atoms with E-state index in [0.29, 0.717) is 0 Å². The number of rotatable bonds is 4. The Morgan fingerprint density at radius 1 is 1.22 bits per heavy atom. The molecule has 2 heterocycles. The molecule has 2 aromatic rings. The molecule has 0 aliphatic carbocycles. The molecule has 18 heavy (non-hydrogen) atoms. The van der Waals surface area contributed by atoms with Gasteiger partial charge in [0.2, 0.25) is 0 Å². The van der Waals surface area contributed by atoms with E-state index in [0.717, 1.165) is 19.0 Å². The summed E-state index contributed by atoms with van der Waals surface area (Å²) in [6.07, 6.45) is 0. The first-order valence-electron chi connectivity index (χ1n) is 5.36. The van der Waals surface area contributed by atoms with E-state index in [1.807, 2.05) is 0 Å². The monoisotopic (exact) mass is 393 g/mol. The van der Waals surface area contributed by atoms with Gasteiger partial charge in [0.1, 0.15) is 0 Å². The van der Waals surface area contributed by atoms with Crippen molar-refractivity contribution in [1.82, 2.24) is 10.6 Å². The Morgan fingerprint density at radius 3 is 2.67 bits per heavy atom. The smallest absolute Gasteiger partial charge is 0.191 e. The van der Waals surface area contributed by atoms with Crippen LogP contribution >= 0.6 is 46.7 Å². The third kappa shape index (κ3) is 4.95. The molecule has 0 bridgehead atoms. The maximum atomic E-state index is 4.19. The molecule has 0 saturated carbocycles. The van der Waals surface area contributed by atoms with Gasteiger partial charge in [-0.05, 0) is 33.8 Å². The lowest BCUT2D eigenvalue weighted by atomic mass is 10.3. The van der Waals surface area contributed by atoms with Gasteiger partial charge in [-0.2, -0.15) is 11.3 Å². The van der Waals surface area contributed by atoms with E-state index < -0.39 is 0 Å². The second kappa shape index (κ2) is 8.49. The lowest BCUT2D eigenvalue weighted by molar-refractivity contribution is 0.817. The van der Waals surface area contributed by atoms with Gasteiger partial charge >= 0.3 is 0 Å². The number of hydrogen-bond donors (Lipinski definition) is 2. The highest BCUT2D eigenvalue weighted by Crippen LogP contribution is 2.07. The SMILES string of the molecule is CN=C(NCc1ccsc1)NCc1cccs1.I. The quantitative estimate of drug-likeness (QED) is 0.475. The van der Waals surface area contributed by atoms with Crippen LogP contribution in [0.5, 0.6) is 0 Å². The van der Waals surface area contributed by atoms with Crippen molar-refractivity contribution in [3.05, 3.63) is 44.8 Å². The number of guanidine groups is 1. The fourth-order valence-corrected chi connectivity index (χ4v) is 2.70. The van der Waals surface area contributed by atoms with Gasteiger partial charge in [0.15, 0.2) is 5.96 Å². The van der Waals surface area contributed by atoms with Crippen LogP contribution in [-0.4, -0.2) is 13.0 Å². The molecule has 6 heteroatoms. The minimum Gasteiger partial charge on any atom is -0.352 e. The van der Waals surface area contributed by atoms with Crippen LogP contribution in [0, 0.1) is 0 Å². The predicted molar refractivity (Wildman–Crippen MR) is 91.1 cm³/mol.